The zero-order valence-corrected chi connectivity index (χ0v) is 28.7. The lowest BCUT2D eigenvalue weighted by Crippen LogP contribution is -2.61. The van der Waals surface area contributed by atoms with Crippen LogP contribution in [-0.4, -0.2) is 119 Å². The summed E-state index contributed by atoms with van der Waals surface area (Å²) in [6.45, 7) is 18.1. The minimum Gasteiger partial charge on any atom is -0.350 e. The maximum absolute atomic E-state index is 14.2. The van der Waals surface area contributed by atoms with E-state index in [1.54, 1.807) is 16.8 Å². The molecule has 0 saturated carbocycles. The molecule has 2 fully saturated rings. The lowest BCUT2D eigenvalue weighted by Gasteiger charge is -2.39. The van der Waals surface area contributed by atoms with Crippen molar-refractivity contribution in [3.8, 4) is 0 Å². The molecule has 246 valence electrons. The van der Waals surface area contributed by atoms with Crippen molar-refractivity contribution in [2.45, 2.75) is 124 Å². The summed E-state index contributed by atoms with van der Waals surface area (Å²) in [5.41, 5.74) is -0.416. The number of nitrogens with zero attached hydrogens (tertiary/aromatic N) is 4. The fourth-order valence-corrected chi connectivity index (χ4v) is 6.54. The third kappa shape index (κ3) is 8.92. The number of likely N-dealkylation sites (N-methyl/N-ethyl adjacent to an activating group) is 2. The molecule has 43 heavy (non-hydrogen) atoms. The zero-order chi connectivity index (χ0) is 33.0. The summed E-state index contributed by atoms with van der Waals surface area (Å²) >= 11 is 0. The Morgan fingerprint density at radius 3 is 1.72 bits per heavy atom. The highest BCUT2D eigenvalue weighted by atomic mass is 16.2. The Balaban J connectivity index is 2.27. The van der Waals surface area contributed by atoms with Gasteiger partial charge in [0.25, 0.3) is 0 Å². The fraction of sp³-hybridized carbons (Fsp3) is 0.844. The van der Waals surface area contributed by atoms with E-state index in [2.05, 4.69) is 10.6 Å². The quantitative estimate of drug-likeness (QED) is 0.372. The molecule has 0 aliphatic carbocycles. The standard InChI is InChI=1S/C32H58N6O5/c1-19(2)24(33-28(40)25(20(3)4)35(10)11)30(42)36(12)26(21(5)6)31(43)38-18-14-16-23(38)29(41)37-17-13-15-22(37)27(39)34-32(7,8)9/h19-26H,13-18H2,1-12H3,(H,33,40)(H,34,39)/t22?,23-,24?,25?,26?/m0/s1. The molecule has 5 amide bonds. The van der Waals surface area contributed by atoms with Gasteiger partial charge in [0, 0.05) is 25.7 Å². The van der Waals surface area contributed by atoms with Crippen LogP contribution in [0.25, 0.3) is 0 Å². The molecule has 0 aromatic heterocycles. The van der Waals surface area contributed by atoms with Crippen LogP contribution in [-0.2, 0) is 24.0 Å². The van der Waals surface area contributed by atoms with Crippen molar-refractivity contribution >= 4 is 29.5 Å². The molecule has 2 heterocycles. The van der Waals surface area contributed by atoms with Crippen LogP contribution in [0.5, 0.6) is 0 Å². The van der Waals surface area contributed by atoms with Crippen LogP contribution >= 0.6 is 0 Å². The molecule has 2 aliphatic rings. The molecule has 2 saturated heterocycles. The summed E-state index contributed by atoms with van der Waals surface area (Å²) in [4.78, 5) is 74.7. The van der Waals surface area contributed by atoms with E-state index in [9.17, 15) is 24.0 Å². The van der Waals surface area contributed by atoms with Crippen LogP contribution in [0.2, 0.25) is 0 Å². The summed E-state index contributed by atoms with van der Waals surface area (Å²) < 4.78 is 0. The van der Waals surface area contributed by atoms with Gasteiger partial charge in [0.05, 0.1) is 6.04 Å². The molecule has 4 unspecified atom stereocenters. The van der Waals surface area contributed by atoms with E-state index in [4.69, 9.17) is 0 Å². The number of nitrogens with one attached hydrogen (secondary N) is 2. The normalized spacial score (nSPS) is 21.4. The molecule has 11 heteroatoms. The predicted octanol–water partition coefficient (Wildman–Crippen LogP) is 2.09. The van der Waals surface area contributed by atoms with E-state index in [-0.39, 0.29) is 47.3 Å². The van der Waals surface area contributed by atoms with Gasteiger partial charge in [-0.15, -0.1) is 0 Å². The second kappa shape index (κ2) is 14.9. The van der Waals surface area contributed by atoms with Crippen LogP contribution in [0.3, 0.4) is 0 Å². The molecule has 11 nitrogen and oxygen atoms in total. The van der Waals surface area contributed by atoms with Crippen LogP contribution in [0.15, 0.2) is 0 Å². The van der Waals surface area contributed by atoms with E-state index in [1.165, 1.54) is 4.90 Å². The second-order valence-corrected chi connectivity index (χ2v) is 14.6. The van der Waals surface area contributed by atoms with Gasteiger partial charge >= 0.3 is 0 Å². The number of amides is 5. The first-order chi connectivity index (χ1) is 19.8. The third-order valence-electron chi connectivity index (χ3n) is 8.49. The van der Waals surface area contributed by atoms with Gasteiger partial charge in [0.1, 0.15) is 24.2 Å². The first-order valence-electron chi connectivity index (χ1n) is 16.0. The van der Waals surface area contributed by atoms with Crippen molar-refractivity contribution in [3.05, 3.63) is 0 Å². The minimum atomic E-state index is -0.813. The van der Waals surface area contributed by atoms with Crippen molar-refractivity contribution in [3.63, 3.8) is 0 Å². The minimum absolute atomic E-state index is 0.0417. The largest absolute Gasteiger partial charge is 0.350 e. The molecule has 0 radical (unpaired) electrons. The second-order valence-electron chi connectivity index (χ2n) is 14.6. The van der Waals surface area contributed by atoms with Gasteiger partial charge in [0.15, 0.2) is 0 Å². The number of carbonyl (C=O) groups is 5. The van der Waals surface area contributed by atoms with Gasteiger partial charge in [-0.2, -0.15) is 0 Å². The Morgan fingerprint density at radius 2 is 1.26 bits per heavy atom. The van der Waals surface area contributed by atoms with E-state index in [1.807, 2.05) is 81.3 Å². The highest BCUT2D eigenvalue weighted by Crippen LogP contribution is 2.28. The Bertz CT molecular complexity index is 1010. The topological polar surface area (TPSA) is 122 Å². The first-order valence-corrected chi connectivity index (χ1v) is 16.0. The highest BCUT2D eigenvalue weighted by molar-refractivity contribution is 5.96. The van der Waals surface area contributed by atoms with Gasteiger partial charge in [-0.1, -0.05) is 41.5 Å². The Labute approximate surface area is 259 Å². The zero-order valence-electron chi connectivity index (χ0n) is 28.7. The number of rotatable bonds is 11. The number of hydrogen-bond donors (Lipinski definition) is 2. The van der Waals surface area contributed by atoms with Crippen molar-refractivity contribution in [2.24, 2.45) is 17.8 Å². The maximum Gasteiger partial charge on any atom is 0.246 e. The van der Waals surface area contributed by atoms with Crippen LogP contribution in [0, 0.1) is 17.8 Å². The van der Waals surface area contributed by atoms with E-state index >= 15 is 0 Å². The van der Waals surface area contributed by atoms with Crippen molar-refractivity contribution in [2.75, 3.05) is 34.2 Å². The van der Waals surface area contributed by atoms with E-state index in [0.717, 1.165) is 6.42 Å². The lowest BCUT2D eigenvalue weighted by molar-refractivity contribution is -0.153. The smallest absolute Gasteiger partial charge is 0.246 e. The SMILES string of the molecule is CC(C)C(NC(=O)C(C(C)C)N(C)C)C(=O)N(C)C(C(=O)N1CCC[C@H]1C(=O)N1CCCC1C(=O)NC(C)(C)C)C(C)C. The Morgan fingerprint density at radius 1 is 0.744 bits per heavy atom. The average Bonchev–Trinajstić information content (AvgIpc) is 3.55. The molecule has 2 rings (SSSR count). The molecular weight excluding hydrogens is 548 g/mol. The molecule has 0 aromatic rings. The highest BCUT2D eigenvalue weighted by Gasteiger charge is 2.46. The van der Waals surface area contributed by atoms with Crippen LogP contribution < -0.4 is 10.6 Å². The first kappa shape index (κ1) is 36.5. The average molecular weight is 607 g/mol. The summed E-state index contributed by atoms with van der Waals surface area (Å²) in [5, 5.41) is 5.96. The monoisotopic (exact) mass is 606 g/mol. The third-order valence-corrected chi connectivity index (χ3v) is 8.49. The molecule has 0 spiro atoms. The van der Waals surface area contributed by atoms with Crippen LogP contribution in [0.4, 0.5) is 0 Å². The molecule has 0 bridgehead atoms. The predicted molar refractivity (Wildman–Crippen MR) is 168 cm³/mol. The van der Waals surface area contributed by atoms with Crippen molar-refractivity contribution in [1.29, 1.82) is 0 Å². The Hall–Kier alpha value is -2.69. The Kier molecular flexibility index (Phi) is 12.6. The molecule has 0 aromatic carbocycles. The molecule has 2 N–H and O–H groups in total. The number of carbonyl (C=O) groups excluding carboxylic acids is 5. The van der Waals surface area contributed by atoms with E-state index < -0.39 is 35.7 Å². The van der Waals surface area contributed by atoms with Gasteiger partial charge in [-0.05, 0) is 78.3 Å². The van der Waals surface area contributed by atoms with Gasteiger partial charge in [0.2, 0.25) is 29.5 Å². The van der Waals surface area contributed by atoms with Gasteiger partial charge in [-0.25, -0.2) is 0 Å². The summed E-state index contributed by atoms with van der Waals surface area (Å²) in [6.07, 6.45) is 2.51. The number of hydrogen-bond acceptors (Lipinski definition) is 6. The molecular formula is C32H58N6O5. The molecule has 5 atom stereocenters. The fourth-order valence-electron chi connectivity index (χ4n) is 6.54. The molecule has 2 aliphatic heterocycles. The van der Waals surface area contributed by atoms with Crippen molar-refractivity contribution < 1.29 is 24.0 Å². The van der Waals surface area contributed by atoms with E-state index in [0.29, 0.717) is 32.4 Å². The van der Waals surface area contributed by atoms with Crippen molar-refractivity contribution in [1.82, 2.24) is 30.2 Å². The summed E-state index contributed by atoms with van der Waals surface area (Å²) in [5.74, 6) is -1.61. The lowest BCUT2D eigenvalue weighted by atomic mass is 9.96. The van der Waals surface area contributed by atoms with Crippen LogP contribution in [0.1, 0.15) is 88.0 Å². The van der Waals surface area contributed by atoms with Gasteiger partial charge in [-0.3, -0.25) is 28.9 Å². The maximum atomic E-state index is 14.2. The number of likely N-dealkylation sites (tertiary alicyclic amines) is 2. The van der Waals surface area contributed by atoms with Gasteiger partial charge < -0.3 is 25.3 Å². The summed E-state index contributed by atoms with van der Waals surface area (Å²) in [7, 11) is 5.29. The summed E-state index contributed by atoms with van der Waals surface area (Å²) in [6, 6.07) is -3.25.